The van der Waals surface area contributed by atoms with E-state index < -0.39 is 0 Å². The Morgan fingerprint density at radius 2 is 1.87 bits per heavy atom. The van der Waals surface area contributed by atoms with Crippen molar-refractivity contribution < 1.29 is 4.79 Å². The summed E-state index contributed by atoms with van der Waals surface area (Å²) in [6.07, 6.45) is 2.15. The first kappa shape index (κ1) is 14.2. The van der Waals surface area contributed by atoms with Crippen LogP contribution in [0.25, 0.3) is 0 Å². The van der Waals surface area contributed by atoms with Crippen LogP contribution in [0.4, 0.5) is 4.79 Å². The van der Waals surface area contributed by atoms with Crippen LogP contribution in [0.2, 0.25) is 0 Å². The first-order valence-corrected chi connectivity index (χ1v) is 5.79. The standard InChI is InChI=1S/C11H25N3O/c1-5-6-7-12-11(15)13-8-9-14(4)10(2)3/h10H,5-9H2,1-4H3,(H2,12,13,15). The van der Waals surface area contributed by atoms with Crippen molar-refractivity contribution >= 4 is 6.03 Å². The van der Waals surface area contributed by atoms with E-state index in [1.807, 2.05) is 0 Å². The number of carbonyl (C=O) groups is 1. The van der Waals surface area contributed by atoms with Gasteiger partial charge in [0.25, 0.3) is 0 Å². The molecular weight excluding hydrogens is 190 g/mol. The molecule has 0 radical (unpaired) electrons. The maximum Gasteiger partial charge on any atom is 0.314 e. The molecule has 0 saturated heterocycles. The zero-order valence-corrected chi connectivity index (χ0v) is 10.5. The second kappa shape index (κ2) is 8.53. The van der Waals surface area contributed by atoms with Crippen LogP contribution in [-0.2, 0) is 0 Å². The highest BCUT2D eigenvalue weighted by Crippen LogP contribution is 1.90. The van der Waals surface area contributed by atoms with Gasteiger partial charge in [0.05, 0.1) is 0 Å². The van der Waals surface area contributed by atoms with Crippen molar-refractivity contribution in [3.63, 3.8) is 0 Å². The summed E-state index contributed by atoms with van der Waals surface area (Å²) in [6.45, 7) is 8.74. The summed E-state index contributed by atoms with van der Waals surface area (Å²) in [5.41, 5.74) is 0. The smallest absolute Gasteiger partial charge is 0.314 e. The van der Waals surface area contributed by atoms with Crippen molar-refractivity contribution in [3.8, 4) is 0 Å². The molecule has 0 atom stereocenters. The monoisotopic (exact) mass is 215 g/mol. The molecule has 0 aliphatic rings. The van der Waals surface area contributed by atoms with Gasteiger partial charge < -0.3 is 15.5 Å². The molecule has 15 heavy (non-hydrogen) atoms. The lowest BCUT2D eigenvalue weighted by Crippen LogP contribution is -2.41. The number of amides is 2. The minimum Gasteiger partial charge on any atom is -0.338 e. The van der Waals surface area contributed by atoms with Gasteiger partial charge in [-0.05, 0) is 27.3 Å². The molecule has 0 bridgehead atoms. The minimum atomic E-state index is -0.0550. The fourth-order valence-corrected chi connectivity index (χ4v) is 1.05. The average Bonchev–Trinajstić information content (AvgIpc) is 2.18. The fraction of sp³-hybridized carbons (Fsp3) is 0.909. The number of carbonyl (C=O) groups excluding carboxylic acids is 1. The summed E-state index contributed by atoms with van der Waals surface area (Å²) in [6, 6.07) is 0.468. The van der Waals surface area contributed by atoms with E-state index in [0.29, 0.717) is 12.6 Å². The molecule has 0 spiro atoms. The second-order valence-electron chi connectivity index (χ2n) is 4.11. The molecule has 4 heteroatoms. The Kier molecular flexibility index (Phi) is 8.09. The van der Waals surface area contributed by atoms with Gasteiger partial charge in [-0.1, -0.05) is 13.3 Å². The van der Waals surface area contributed by atoms with Gasteiger partial charge in [0, 0.05) is 25.7 Å². The lowest BCUT2D eigenvalue weighted by atomic mass is 10.3. The van der Waals surface area contributed by atoms with Gasteiger partial charge in [-0.3, -0.25) is 0 Å². The van der Waals surface area contributed by atoms with E-state index in [-0.39, 0.29) is 6.03 Å². The fourth-order valence-electron chi connectivity index (χ4n) is 1.05. The summed E-state index contributed by atoms with van der Waals surface area (Å²) in [7, 11) is 2.06. The molecule has 0 fully saturated rings. The molecule has 0 rings (SSSR count). The zero-order valence-electron chi connectivity index (χ0n) is 10.5. The molecule has 0 aliphatic heterocycles. The first-order valence-electron chi connectivity index (χ1n) is 5.79. The molecule has 0 aromatic heterocycles. The van der Waals surface area contributed by atoms with E-state index in [0.717, 1.165) is 25.9 Å². The van der Waals surface area contributed by atoms with Crippen molar-refractivity contribution in [1.82, 2.24) is 15.5 Å². The number of urea groups is 1. The molecule has 4 nitrogen and oxygen atoms in total. The summed E-state index contributed by atoms with van der Waals surface area (Å²) in [5.74, 6) is 0. The lowest BCUT2D eigenvalue weighted by Gasteiger charge is -2.20. The lowest BCUT2D eigenvalue weighted by molar-refractivity contribution is 0.234. The molecule has 0 aromatic rings. The Balaban J connectivity index is 3.38. The number of hydrogen-bond donors (Lipinski definition) is 2. The third kappa shape index (κ3) is 8.24. The van der Waals surface area contributed by atoms with Crippen LogP contribution in [0.15, 0.2) is 0 Å². The molecule has 0 saturated carbocycles. The number of rotatable bonds is 7. The predicted octanol–water partition coefficient (Wildman–Crippen LogP) is 1.43. The Morgan fingerprint density at radius 1 is 1.27 bits per heavy atom. The Morgan fingerprint density at radius 3 is 2.40 bits per heavy atom. The van der Waals surface area contributed by atoms with Crippen molar-refractivity contribution in [2.45, 2.75) is 39.7 Å². The second-order valence-corrected chi connectivity index (χ2v) is 4.11. The molecular formula is C11H25N3O. The molecule has 2 N–H and O–H groups in total. The van der Waals surface area contributed by atoms with E-state index in [2.05, 4.69) is 43.4 Å². The van der Waals surface area contributed by atoms with E-state index in [4.69, 9.17) is 0 Å². The maximum atomic E-state index is 11.2. The predicted molar refractivity (Wildman–Crippen MR) is 64.1 cm³/mol. The number of nitrogens with zero attached hydrogens (tertiary/aromatic N) is 1. The molecule has 0 aromatic carbocycles. The van der Waals surface area contributed by atoms with Gasteiger partial charge in [0.15, 0.2) is 0 Å². The zero-order chi connectivity index (χ0) is 11.7. The number of unbranched alkanes of at least 4 members (excludes halogenated alkanes) is 1. The highest BCUT2D eigenvalue weighted by molar-refractivity contribution is 5.73. The average molecular weight is 215 g/mol. The first-order chi connectivity index (χ1) is 7.07. The van der Waals surface area contributed by atoms with Crippen molar-refractivity contribution in [2.24, 2.45) is 0 Å². The third-order valence-corrected chi connectivity index (χ3v) is 2.45. The Bertz CT molecular complexity index is 171. The highest BCUT2D eigenvalue weighted by atomic mass is 16.2. The highest BCUT2D eigenvalue weighted by Gasteiger charge is 2.03. The van der Waals surface area contributed by atoms with Crippen LogP contribution in [0.3, 0.4) is 0 Å². The van der Waals surface area contributed by atoms with E-state index in [1.165, 1.54) is 0 Å². The van der Waals surface area contributed by atoms with Crippen LogP contribution in [0.5, 0.6) is 0 Å². The van der Waals surface area contributed by atoms with Gasteiger partial charge >= 0.3 is 6.03 Å². The van der Waals surface area contributed by atoms with Crippen molar-refractivity contribution in [2.75, 3.05) is 26.7 Å². The van der Waals surface area contributed by atoms with Crippen LogP contribution in [-0.4, -0.2) is 43.7 Å². The quantitative estimate of drug-likeness (QED) is 0.631. The van der Waals surface area contributed by atoms with Crippen LogP contribution >= 0.6 is 0 Å². The van der Waals surface area contributed by atoms with E-state index >= 15 is 0 Å². The molecule has 2 amide bonds. The summed E-state index contributed by atoms with van der Waals surface area (Å²) in [5, 5.41) is 5.65. The summed E-state index contributed by atoms with van der Waals surface area (Å²) in [4.78, 5) is 13.4. The van der Waals surface area contributed by atoms with Crippen LogP contribution in [0, 0.1) is 0 Å². The normalized spacial score (nSPS) is 10.8. The van der Waals surface area contributed by atoms with Crippen LogP contribution < -0.4 is 10.6 Å². The number of likely N-dealkylation sites (N-methyl/N-ethyl adjacent to an activating group) is 1. The Labute approximate surface area is 93.4 Å². The molecule has 0 heterocycles. The summed E-state index contributed by atoms with van der Waals surface area (Å²) < 4.78 is 0. The SMILES string of the molecule is CCCCNC(=O)NCCN(C)C(C)C. The van der Waals surface area contributed by atoms with E-state index in [9.17, 15) is 4.79 Å². The van der Waals surface area contributed by atoms with Gasteiger partial charge in [-0.25, -0.2) is 4.79 Å². The topological polar surface area (TPSA) is 44.4 Å². The third-order valence-electron chi connectivity index (χ3n) is 2.45. The van der Waals surface area contributed by atoms with Crippen LogP contribution in [0.1, 0.15) is 33.6 Å². The molecule has 90 valence electrons. The molecule has 0 unspecified atom stereocenters. The summed E-state index contributed by atoms with van der Waals surface area (Å²) >= 11 is 0. The van der Waals surface area contributed by atoms with Crippen molar-refractivity contribution in [3.05, 3.63) is 0 Å². The van der Waals surface area contributed by atoms with Gasteiger partial charge in [-0.15, -0.1) is 0 Å². The minimum absolute atomic E-state index is 0.0550. The van der Waals surface area contributed by atoms with Gasteiger partial charge in [0.1, 0.15) is 0 Å². The van der Waals surface area contributed by atoms with Gasteiger partial charge in [0.2, 0.25) is 0 Å². The van der Waals surface area contributed by atoms with E-state index in [1.54, 1.807) is 0 Å². The number of nitrogens with one attached hydrogen (secondary N) is 2. The Hall–Kier alpha value is -0.770. The van der Waals surface area contributed by atoms with Crippen molar-refractivity contribution in [1.29, 1.82) is 0 Å². The maximum absolute atomic E-state index is 11.2. The largest absolute Gasteiger partial charge is 0.338 e. The number of hydrogen-bond acceptors (Lipinski definition) is 2. The van der Waals surface area contributed by atoms with Gasteiger partial charge in [-0.2, -0.15) is 0 Å². The molecule has 0 aliphatic carbocycles.